The molecule has 0 aromatic heterocycles. The highest BCUT2D eigenvalue weighted by atomic mass is 16.6. The Morgan fingerprint density at radius 3 is 1.62 bits per heavy atom. The molecule has 0 amide bonds. The van der Waals surface area contributed by atoms with Crippen LogP contribution >= 0.6 is 0 Å². The van der Waals surface area contributed by atoms with Crippen molar-refractivity contribution in [3.8, 4) is 45.6 Å². The van der Waals surface area contributed by atoms with E-state index < -0.39 is 5.60 Å². The van der Waals surface area contributed by atoms with E-state index >= 15 is 0 Å². The molecule has 0 bridgehead atoms. The fraction of sp³-hybridized carbons (Fsp3) is 0.500. The van der Waals surface area contributed by atoms with Crippen LogP contribution in [0.1, 0.15) is 31.9 Å². The quantitative estimate of drug-likeness (QED) is 0.544. The van der Waals surface area contributed by atoms with Crippen LogP contribution < -0.4 is 28.4 Å². The van der Waals surface area contributed by atoms with Gasteiger partial charge in [0.1, 0.15) is 5.60 Å². The summed E-state index contributed by atoms with van der Waals surface area (Å²) in [5.41, 5.74) is 2.58. The van der Waals surface area contributed by atoms with Crippen LogP contribution in [0.2, 0.25) is 0 Å². The Morgan fingerprint density at radius 1 is 0.765 bits per heavy atom. The van der Waals surface area contributed by atoms with E-state index in [2.05, 4.69) is 6.92 Å². The predicted molar refractivity (Wildman–Crippen MR) is 128 cm³/mol. The summed E-state index contributed by atoms with van der Waals surface area (Å²) in [5, 5.41) is 0. The van der Waals surface area contributed by atoms with Gasteiger partial charge in [0.2, 0.25) is 11.5 Å². The number of methoxy groups -OCH3 is 6. The number of hydrogen-bond acceptors (Lipinski definition) is 8. The van der Waals surface area contributed by atoms with Gasteiger partial charge in [-0.25, -0.2) is 0 Å². The van der Waals surface area contributed by atoms with Gasteiger partial charge in [-0.05, 0) is 36.6 Å². The van der Waals surface area contributed by atoms with Crippen molar-refractivity contribution in [1.82, 2.24) is 0 Å². The van der Waals surface area contributed by atoms with Crippen LogP contribution in [-0.2, 0) is 22.4 Å². The second-order valence-corrected chi connectivity index (χ2v) is 8.55. The van der Waals surface area contributed by atoms with Gasteiger partial charge in [0.15, 0.2) is 23.0 Å². The van der Waals surface area contributed by atoms with Crippen molar-refractivity contribution in [2.24, 2.45) is 5.92 Å². The third-order valence-electron chi connectivity index (χ3n) is 6.56. The summed E-state index contributed by atoms with van der Waals surface area (Å²) in [7, 11) is 9.47. The summed E-state index contributed by atoms with van der Waals surface area (Å²) in [5.74, 6) is 2.62. The molecule has 0 radical (unpaired) electrons. The van der Waals surface area contributed by atoms with Crippen molar-refractivity contribution in [2.75, 3.05) is 42.7 Å². The van der Waals surface area contributed by atoms with Gasteiger partial charge < -0.3 is 33.2 Å². The Morgan fingerprint density at radius 2 is 1.21 bits per heavy atom. The first-order chi connectivity index (χ1) is 16.2. The second kappa shape index (κ2) is 9.91. The Labute approximate surface area is 201 Å². The minimum atomic E-state index is -0.788. The average molecular weight is 475 g/mol. The minimum absolute atomic E-state index is 0.0369. The molecular formula is C26H34O8. The first-order valence-corrected chi connectivity index (χ1v) is 11.0. The summed E-state index contributed by atoms with van der Waals surface area (Å²) in [4.78, 5) is 12.1. The summed E-state index contributed by atoms with van der Waals surface area (Å²) in [6.45, 7) is 5.45. The molecule has 1 aliphatic carbocycles. The molecule has 0 saturated heterocycles. The molecule has 0 N–H and O–H groups in total. The summed E-state index contributed by atoms with van der Waals surface area (Å²) in [6, 6.07) is 3.84. The molecule has 2 aromatic rings. The first-order valence-electron chi connectivity index (χ1n) is 11.0. The number of carbonyl (C=O) groups is 1. The van der Waals surface area contributed by atoms with Crippen LogP contribution in [0.3, 0.4) is 0 Å². The van der Waals surface area contributed by atoms with Crippen LogP contribution in [0, 0.1) is 5.92 Å². The van der Waals surface area contributed by atoms with Crippen molar-refractivity contribution < 1.29 is 38.0 Å². The topological polar surface area (TPSA) is 81.7 Å². The van der Waals surface area contributed by atoms with Gasteiger partial charge in [0.05, 0.1) is 42.7 Å². The lowest BCUT2D eigenvalue weighted by Crippen LogP contribution is -2.42. The maximum absolute atomic E-state index is 12.1. The molecule has 1 aliphatic rings. The highest BCUT2D eigenvalue weighted by molar-refractivity contribution is 5.88. The standard InChI is InChI=1S/C26H34O8/c1-14-10-16-11-18(28-4)22(30-6)24(32-8)20(16)21-17(13-26(14,3)34-15(2)27)12-19(29-5)23(31-7)25(21)33-9/h11-12,14H,10,13H2,1-9H3/t14-,26-/m1/s1. The zero-order chi connectivity index (χ0) is 25.2. The lowest BCUT2D eigenvalue weighted by Gasteiger charge is -2.39. The largest absolute Gasteiger partial charge is 0.493 e. The van der Waals surface area contributed by atoms with Crippen molar-refractivity contribution in [1.29, 1.82) is 0 Å². The van der Waals surface area contributed by atoms with Crippen molar-refractivity contribution in [3.63, 3.8) is 0 Å². The third kappa shape index (κ3) is 4.17. The number of ether oxygens (including phenoxy) is 7. The fourth-order valence-electron chi connectivity index (χ4n) is 4.83. The van der Waals surface area contributed by atoms with Crippen molar-refractivity contribution in [2.45, 2.75) is 39.2 Å². The molecular weight excluding hydrogens is 440 g/mol. The molecule has 0 unspecified atom stereocenters. The lowest BCUT2D eigenvalue weighted by atomic mass is 9.74. The zero-order valence-corrected chi connectivity index (χ0v) is 21.4. The normalized spacial score (nSPS) is 19.0. The number of rotatable bonds is 7. The van der Waals surface area contributed by atoms with Gasteiger partial charge in [-0.3, -0.25) is 4.79 Å². The van der Waals surface area contributed by atoms with E-state index in [1.165, 1.54) is 6.92 Å². The minimum Gasteiger partial charge on any atom is -0.493 e. The van der Waals surface area contributed by atoms with Gasteiger partial charge in [0.25, 0.3) is 0 Å². The Hall–Kier alpha value is -3.29. The molecule has 0 aliphatic heterocycles. The van der Waals surface area contributed by atoms with Crippen LogP contribution in [0.25, 0.3) is 11.1 Å². The molecule has 0 spiro atoms. The fourth-order valence-corrected chi connectivity index (χ4v) is 4.83. The molecule has 2 atom stereocenters. The first kappa shape index (κ1) is 25.3. The van der Waals surface area contributed by atoms with Gasteiger partial charge in [-0.2, -0.15) is 0 Å². The molecule has 8 nitrogen and oxygen atoms in total. The van der Waals surface area contributed by atoms with E-state index in [4.69, 9.17) is 33.2 Å². The lowest BCUT2D eigenvalue weighted by molar-refractivity contribution is -0.160. The van der Waals surface area contributed by atoms with Crippen molar-refractivity contribution in [3.05, 3.63) is 23.3 Å². The summed E-state index contributed by atoms with van der Waals surface area (Å²) < 4.78 is 40.4. The second-order valence-electron chi connectivity index (χ2n) is 8.55. The molecule has 0 heterocycles. The molecule has 2 aromatic carbocycles. The van der Waals surface area contributed by atoms with Crippen LogP contribution in [-0.4, -0.2) is 54.2 Å². The van der Waals surface area contributed by atoms with E-state index in [1.807, 2.05) is 19.1 Å². The molecule has 34 heavy (non-hydrogen) atoms. The number of esters is 1. The molecule has 8 heteroatoms. The van der Waals surface area contributed by atoms with Crippen LogP contribution in [0.5, 0.6) is 34.5 Å². The molecule has 0 fully saturated rings. The SMILES string of the molecule is COc1cc2c(c(OC)c1OC)-c1c(cc(OC)c(OC)c1OC)C[C@@](C)(OC(C)=O)[C@H](C)C2. The maximum atomic E-state index is 12.1. The number of benzene rings is 2. The van der Waals surface area contributed by atoms with E-state index in [1.54, 1.807) is 42.7 Å². The monoisotopic (exact) mass is 474 g/mol. The Bertz CT molecular complexity index is 1080. The molecule has 3 rings (SSSR count). The van der Waals surface area contributed by atoms with E-state index in [9.17, 15) is 4.79 Å². The molecule has 0 saturated carbocycles. The Kier molecular flexibility index (Phi) is 7.38. The van der Waals surface area contributed by atoms with E-state index in [0.717, 1.165) is 22.3 Å². The summed E-state index contributed by atoms with van der Waals surface area (Å²) in [6.07, 6.45) is 1.02. The number of carbonyl (C=O) groups excluding carboxylic acids is 1. The Balaban J connectivity index is 2.53. The van der Waals surface area contributed by atoms with Crippen molar-refractivity contribution >= 4 is 5.97 Å². The zero-order valence-electron chi connectivity index (χ0n) is 21.4. The van der Waals surface area contributed by atoms with E-state index in [-0.39, 0.29) is 11.9 Å². The number of hydrogen-bond donors (Lipinski definition) is 0. The maximum Gasteiger partial charge on any atom is 0.303 e. The highest BCUT2D eigenvalue weighted by Gasteiger charge is 2.41. The average Bonchev–Trinajstić information content (AvgIpc) is 2.81. The number of fused-ring (bicyclic) bond motifs is 3. The smallest absolute Gasteiger partial charge is 0.303 e. The van der Waals surface area contributed by atoms with Gasteiger partial charge in [-0.15, -0.1) is 0 Å². The van der Waals surface area contributed by atoms with Gasteiger partial charge in [-0.1, -0.05) is 6.92 Å². The highest BCUT2D eigenvalue weighted by Crippen LogP contribution is 2.56. The predicted octanol–water partition coefficient (Wildman–Crippen LogP) is 4.46. The van der Waals surface area contributed by atoms with Gasteiger partial charge >= 0.3 is 5.97 Å². The molecule has 186 valence electrons. The van der Waals surface area contributed by atoms with Crippen LogP contribution in [0.15, 0.2) is 12.1 Å². The third-order valence-corrected chi connectivity index (χ3v) is 6.56. The van der Waals surface area contributed by atoms with Crippen LogP contribution in [0.4, 0.5) is 0 Å². The summed E-state index contributed by atoms with van der Waals surface area (Å²) >= 11 is 0. The van der Waals surface area contributed by atoms with Gasteiger partial charge in [0, 0.05) is 30.4 Å². The van der Waals surface area contributed by atoms with E-state index in [0.29, 0.717) is 47.3 Å².